The molecule has 82 valence electrons. The first kappa shape index (κ1) is 10.6. The first-order chi connectivity index (χ1) is 7.61. The Morgan fingerprint density at radius 1 is 1.25 bits per heavy atom. The van der Waals surface area contributed by atoms with Gasteiger partial charge in [0.25, 0.3) is 0 Å². The van der Waals surface area contributed by atoms with Crippen LogP contribution in [0, 0.1) is 6.92 Å². The minimum atomic E-state index is 0.628. The van der Waals surface area contributed by atoms with Crippen molar-refractivity contribution in [2.45, 2.75) is 6.92 Å². The largest absolute Gasteiger partial charge is 0.362 e. The number of rotatable bonds is 2. The molecule has 0 aliphatic carbocycles. The van der Waals surface area contributed by atoms with E-state index in [0.29, 0.717) is 11.4 Å². The summed E-state index contributed by atoms with van der Waals surface area (Å²) in [7, 11) is 3.77. The van der Waals surface area contributed by atoms with E-state index in [-0.39, 0.29) is 0 Å². The summed E-state index contributed by atoms with van der Waals surface area (Å²) in [6.45, 7) is 2.03. The third-order valence-electron chi connectivity index (χ3n) is 2.53. The maximum absolute atomic E-state index is 11.0. The number of fused-ring (bicyclic) bond motifs is 1. The second-order valence-corrected chi connectivity index (χ2v) is 4.11. The van der Waals surface area contributed by atoms with Crippen LogP contribution in [0.25, 0.3) is 10.9 Å². The minimum Gasteiger partial charge on any atom is -0.362 e. The van der Waals surface area contributed by atoms with Crippen molar-refractivity contribution in [2.75, 3.05) is 19.0 Å². The second kappa shape index (κ2) is 3.93. The molecule has 0 bridgehead atoms. The van der Waals surface area contributed by atoms with Crippen molar-refractivity contribution >= 4 is 23.0 Å². The highest BCUT2D eigenvalue weighted by atomic mass is 16.1. The minimum absolute atomic E-state index is 0.628. The molecule has 0 amide bonds. The summed E-state index contributed by atoms with van der Waals surface area (Å²) in [6, 6.07) is 7.92. The van der Waals surface area contributed by atoms with Crippen LogP contribution in [0.1, 0.15) is 15.9 Å². The maximum Gasteiger partial charge on any atom is 0.153 e. The van der Waals surface area contributed by atoms with Gasteiger partial charge in [0, 0.05) is 19.5 Å². The molecule has 0 unspecified atom stereocenters. The van der Waals surface area contributed by atoms with E-state index in [4.69, 9.17) is 0 Å². The molecule has 0 radical (unpaired) electrons. The zero-order valence-electron chi connectivity index (χ0n) is 9.69. The van der Waals surface area contributed by atoms with Gasteiger partial charge >= 0.3 is 0 Å². The summed E-state index contributed by atoms with van der Waals surface area (Å²) < 4.78 is 0. The topological polar surface area (TPSA) is 33.2 Å². The van der Waals surface area contributed by atoms with E-state index in [1.165, 1.54) is 5.56 Å². The lowest BCUT2D eigenvalue weighted by Crippen LogP contribution is -2.13. The lowest BCUT2D eigenvalue weighted by Gasteiger charge is -2.14. The molecule has 2 aromatic rings. The molecule has 2 rings (SSSR count). The fourth-order valence-electron chi connectivity index (χ4n) is 1.75. The number of hydrogen-bond acceptors (Lipinski definition) is 3. The van der Waals surface area contributed by atoms with Crippen LogP contribution in [0.15, 0.2) is 24.3 Å². The number of carbonyl (C=O) groups is 1. The van der Waals surface area contributed by atoms with Crippen molar-refractivity contribution in [3.05, 3.63) is 35.4 Å². The quantitative estimate of drug-likeness (QED) is 0.720. The summed E-state index contributed by atoms with van der Waals surface area (Å²) in [4.78, 5) is 17.3. The molecule has 0 spiro atoms. The van der Waals surface area contributed by atoms with E-state index in [9.17, 15) is 4.79 Å². The summed E-state index contributed by atoms with van der Waals surface area (Å²) >= 11 is 0. The zero-order chi connectivity index (χ0) is 11.7. The van der Waals surface area contributed by atoms with Crippen LogP contribution < -0.4 is 4.90 Å². The lowest BCUT2D eigenvalue weighted by molar-refractivity contribution is 0.112. The van der Waals surface area contributed by atoms with Gasteiger partial charge in [-0.3, -0.25) is 4.79 Å². The molecule has 1 heterocycles. The Balaban J connectivity index is 2.75. The number of carbonyl (C=O) groups excluding carboxylic acids is 1. The van der Waals surface area contributed by atoms with Crippen LogP contribution in [0.2, 0.25) is 0 Å². The average Bonchev–Trinajstić information content (AvgIpc) is 2.26. The number of pyridine rings is 1. The van der Waals surface area contributed by atoms with Crippen molar-refractivity contribution in [1.29, 1.82) is 0 Å². The van der Waals surface area contributed by atoms with Gasteiger partial charge in [0.2, 0.25) is 0 Å². The van der Waals surface area contributed by atoms with E-state index in [0.717, 1.165) is 17.2 Å². The third-order valence-corrected chi connectivity index (χ3v) is 2.53. The van der Waals surface area contributed by atoms with E-state index in [2.05, 4.69) is 4.98 Å². The van der Waals surface area contributed by atoms with Gasteiger partial charge in [-0.05, 0) is 25.1 Å². The molecule has 0 saturated carbocycles. The predicted molar refractivity (Wildman–Crippen MR) is 66.2 cm³/mol. The predicted octanol–water partition coefficient (Wildman–Crippen LogP) is 2.42. The standard InChI is InChI=1S/C13H14N2O/c1-9-4-5-12-10(6-9)7-11(8-16)13(14-12)15(2)3/h4-8H,1-3H3. The molecule has 0 aliphatic rings. The number of hydrogen-bond donors (Lipinski definition) is 0. The molecule has 3 nitrogen and oxygen atoms in total. The van der Waals surface area contributed by atoms with Crippen molar-refractivity contribution in [2.24, 2.45) is 0 Å². The fraction of sp³-hybridized carbons (Fsp3) is 0.231. The van der Waals surface area contributed by atoms with Crippen molar-refractivity contribution in [3.63, 3.8) is 0 Å². The number of nitrogens with zero attached hydrogens (tertiary/aromatic N) is 2. The highest BCUT2D eigenvalue weighted by Crippen LogP contribution is 2.21. The van der Waals surface area contributed by atoms with Crippen LogP contribution >= 0.6 is 0 Å². The zero-order valence-corrected chi connectivity index (χ0v) is 9.69. The second-order valence-electron chi connectivity index (χ2n) is 4.11. The first-order valence-corrected chi connectivity index (χ1v) is 5.16. The Hall–Kier alpha value is -1.90. The molecular weight excluding hydrogens is 200 g/mol. The molecule has 0 N–H and O–H groups in total. The van der Waals surface area contributed by atoms with E-state index in [1.54, 1.807) is 0 Å². The van der Waals surface area contributed by atoms with Gasteiger partial charge in [-0.1, -0.05) is 11.6 Å². The van der Waals surface area contributed by atoms with Crippen LogP contribution in [-0.2, 0) is 0 Å². The molecule has 1 aromatic carbocycles. The fourth-order valence-corrected chi connectivity index (χ4v) is 1.75. The van der Waals surface area contributed by atoms with Gasteiger partial charge in [-0.25, -0.2) is 4.98 Å². The van der Waals surface area contributed by atoms with E-state index < -0.39 is 0 Å². The Morgan fingerprint density at radius 2 is 2.00 bits per heavy atom. The van der Waals surface area contributed by atoms with Gasteiger partial charge in [0.1, 0.15) is 5.82 Å². The molecule has 0 atom stereocenters. The highest BCUT2D eigenvalue weighted by molar-refractivity contribution is 5.91. The first-order valence-electron chi connectivity index (χ1n) is 5.16. The number of anilines is 1. The van der Waals surface area contributed by atoms with Gasteiger partial charge < -0.3 is 4.90 Å². The monoisotopic (exact) mass is 214 g/mol. The van der Waals surface area contributed by atoms with Crippen molar-refractivity contribution < 1.29 is 4.79 Å². The summed E-state index contributed by atoms with van der Waals surface area (Å²) in [5, 5.41) is 1.01. The molecule has 0 fully saturated rings. The Labute approximate surface area is 94.7 Å². The smallest absolute Gasteiger partial charge is 0.153 e. The lowest BCUT2D eigenvalue weighted by atomic mass is 10.1. The highest BCUT2D eigenvalue weighted by Gasteiger charge is 2.07. The third kappa shape index (κ3) is 1.76. The van der Waals surface area contributed by atoms with Gasteiger partial charge in [-0.15, -0.1) is 0 Å². The Morgan fingerprint density at radius 3 is 2.62 bits per heavy atom. The SMILES string of the molecule is Cc1ccc2nc(N(C)C)c(C=O)cc2c1. The normalized spacial score (nSPS) is 10.4. The average molecular weight is 214 g/mol. The molecule has 0 saturated heterocycles. The van der Waals surface area contributed by atoms with Crippen molar-refractivity contribution in [1.82, 2.24) is 4.98 Å². The van der Waals surface area contributed by atoms with Gasteiger partial charge in [0.15, 0.2) is 6.29 Å². The molecule has 3 heteroatoms. The van der Waals surface area contributed by atoms with Gasteiger partial charge in [0.05, 0.1) is 11.1 Å². The van der Waals surface area contributed by atoms with Crippen LogP contribution in [-0.4, -0.2) is 25.4 Å². The molecule has 1 aromatic heterocycles. The van der Waals surface area contributed by atoms with E-state index in [1.807, 2.05) is 50.2 Å². The Kier molecular flexibility index (Phi) is 2.60. The number of aryl methyl sites for hydroxylation is 1. The number of aldehydes is 1. The Bertz CT molecular complexity index is 547. The van der Waals surface area contributed by atoms with Crippen LogP contribution in [0.5, 0.6) is 0 Å². The van der Waals surface area contributed by atoms with Crippen LogP contribution in [0.4, 0.5) is 5.82 Å². The summed E-state index contributed by atoms with van der Waals surface area (Å²) in [5.74, 6) is 0.714. The molecular formula is C13H14N2O. The summed E-state index contributed by atoms with van der Waals surface area (Å²) in [5.41, 5.74) is 2.71. The van der Waals surface area contributed by atoms with E-state index >= 15 is 0 Å². The molecule has 0 aliphatic heterocycles. The number of aromatic nitrogens is 1. The van der Waals surface area contributed by atoms with Crippen molar-refractivity contribution in [3.8, 4) is 0 Å². The maximum atomic E-state index is 11.0. The summed E-state index contributed by atoms with van der Waals surface area (Å²) in [6.07, 6.45) is 0.851. The number of benzene rings is 1. The van der Waals surface area contributed by atoms with Crippen LogP contribution in [0.3, 0.4) is 0 Å². The molecule has 16 heavy (non-hydrogen) atoms. The van der Waals surface area contributed by atoms with Gasteiger partial charge in [-0.2, -0.15) is 0 Å².